The number of rotatable bonds is 12. The van der Waals surface area contributed by atoms with Gasteiger partial charge in [-0.2, -0.15) is 5.10 Å². The number of carboxylic acids is 1. The predicted octanol–water partition coefficient (Wildman–Crippen LogP) is 4.04. The molecule has 10 nitrogen and oxygen atoms in total. The molecule has 0 saturated heterocycles. The van der Waals surface area contributed by atoms with Crippen LogP contribution in [0.4, 0.5) is 5.69 Å². The van der Waals surface area contributed by atoms with Crippen LogP contribution in [0.2, 0.25) is 0 Å². The van der Waals surface area contributed by atoms with Crippen molar-refractivity contribution in [2.45, 2.75) is 51.0 Å². The first-order valence-electron chi connectivity index (χ1n) is 12.8. The molecule has 204 valence electrons. The van der Waals surface area contributed by atoms with E-state index < -0.39 is 17.8 Å². The maximum Gasteiger partial charge on any atom is 0.356 e. The molecule has 1 heterocycles. The number of carbonyl (C=O) groups is 3. The zero-order valence-electron chi connectivity index (χ0n) is 21.5. The van der Waals surface area contributed by atoms with Gasteiger partial charge in [0.05, 0.1) is 24.4 Å². The minimum atomic E-state index is -1.30. The van der Waals surface area contributed by atoms with Crippen molar-refractivity contribution in [1.82, 2.24) is 15.1 Å². The molecule has 1 aromatic heterocycles. The van der Waals surface area contributed by atoms with Crippen LogP contribution in [-0.4, -0.2) is 51.4 Å². The summed E-state index contributed by atoms with van der Waals surface area (Å²) in [4.78, 5) is 37.8. The number of anilines is 1. The molecule has 0 radical (unpaired) electrons. The summed E-state index contributed by atoms with van der Waals surface area (Å²) in [6.45, 7) is 3.93. The molecule has 0 unspecified atom stereocenters. The minimum absolute atomic E-state index is 0.0221. The smallest absolute Gasteiger partial charge is 0.356 e. The Bertz CT molecular complexity index is 1310. The number of nitrogens with one attached hydrogen (secondary N) is 2. The van der Waals surface area contributed by atoms with E-state index in [0.29, 0.717) is 18.0 Å². The molecular formula is C29H32N4O6. The molecule has 2 amide bonds. The van der Waals surface area contributed by atoms with E-state index in [1.54, 1.807) is 30.3 Å². The van der Waals surface area contributed by atoms with Crippen molar-refractivity contribution in [3.8, 4) is 5.75 Å². The normalized spacial score (nSPS) is 16.7. The highest BCUT2D eigenvalue weighted by Crippen LogP contribution is 2.25. The number of hydrogen-bond acceptors (Lipinski definition) is 6. The molecule has 1 aliphatic rings. The second kappa shape index (κ2) is 13.4. The van der Waals surface area contributed by atoms with E-state index >= 15 is 0 Å². The van der Waals surface area contributed by atoms with Crippen LogP contribution in [0.1, 0.15) is 52.2 Å². The van der Waals surface area contributed by atoms with Crippen LogP contribution < -0.4 is 15.4 Å². The predicted molar refractivity (Wildman–Crippen MR) is 145 cm³/mol. The van der Waals surface area contributed by atoms with E-state index in [4.69, 9.17) is 9.47 Å². The lowest BCUT2D eigenvalue weighted by Crippen LogP contribution is -2.46. The van der Waals surface area contributed by atoms with E-state index in [-0.39, 0.29) is 36.7 Å². The van der Waals surface area contributed by atoms with Gasteiger partial charge in [0.2, 0.25) is 5.91 Å². The fraction of sp³-hybridized carbons (Fsp3) is 0.310. The Kier molecular flexibility index (Phi) is 9.47. The van der Waals surface area contributed by atoms with Gasteiger partial charge < -0.3 is 25.2 Å². The maximum absolute atomic E-state index is 13.3. The Morgan fingerprint density at radius 3 is 2.59 bits per heavy atom. The summed E-state index contributed by atoms with van der Waals surface area (Å²) in [5.74, 6) is -1.86. The van der Waals surface area contributed by atoms with Crippen LogP contribution in [-0.2, 0) is 22.7 Å². The largest absolute Gasteiger partial charge is 0.487 e. The zero-order valence-corrected chi connectivity index (χ0v) is 21.5. The molecular weight excluding hydrogens is 500 g/mol. The van der Waals surface area contributed by atoms with Crippen molar-refractivity contribution >= 4 is 23.5 Å². The van der Waals surface area contributed by atoms with Crippen molar-refractivity contribution in [1.29, 1.82) is 0 Å². The van der Waals surface area contributed by atoms with Crippen molar-refractivity contribution < 1.29 is 29.0 Å². The second-order valence-electron chi connectivity index (χ2n) is 9.22. The number of carbonyl (C=O) groups excluding carboxylic acids is 2. The number of hydrogen-bond donors (Lipinski definition) is 3. The molecule has 2 atom stereocenters. The summed E-state index contributed by atoms with van der Waals surface area (Å²) in [6, 6.07) is 17.6. The minimum Gasteiger partial charge on any atom is -0.487 e. The van der Waals surface area contributed by atoms with Gasteiger partial charge in [0.15, 0.2) is 5.69 Å². The highest BCUT2D eigenvalue weighted by molar-refractivity contribution is 5.97. The molecule has 1 aliphatic carbocycles. The Hall–Kier alpha value is -4.44. The van der Waals surface area contributed by atoms with Crippen LogP contribution in [0, 0.1) is 0 Å². The van der Waals surface area contributed by atoms with Gasteiger partial charge in [0.25, 0.3) is 5.91 Å². The lowest BCUT2D eigenvalue weighted by Gasteiger charge is -2.32. The fourth-order valence-electron chi connectivity index (χ4n) is 4.48. The van der Waals surface area contributed by atoms with Crippen LogP contribution >= 0.6 is 0 Å². The maximum atomic E-state index is 13.3. The average Bonchev–Trinajstić information content (AvgIpc) is 3.37. The van der Waals surface area contributed by atoms with Crippen molar-refractivity contribution in [2.75, 3.05) is 11.9 Å². The van der Waals surface area contributed by atoms with Crippen LogP contribution in [0.3, 0.4) is 0 Å². The van der Waals surface area contributed by atoms with Gasteiger partial charge in [-0.25, -0.2) is 9.48 Å². The van der Waals surface area contributed by atoms with Gasteiger partial charge in [-0.1, -0.05) is 68.0 Å². The number of para-hydroxylation sites is 2. The van der Waals surface area contributed by atoms with Crippen molar-refractivity contribution in [2.24, 2.45) is 0 Å². The van der Waals surface area contributed by atoms with Gasteiger partial charge in [-0.3, -0.25) is 9.59 Å². The second-order valence-corrected chi connectivity index (χ2v) is 9.22. The Labute approximate surface area is 226 Å². The first-order chi connectivity index (χ1) is 18.9. The lowest BCUT2D eigenvalue weighted by molar-refractivity contribution is -0.116. The fourth-order valence-corrected chi connectivity index (χ4v) is 4.48. The molecule has 3 aromatic rings. The van der Waals surface area contributed by atoms with Crippen LogP contribution in [0.25, 0.3) is 0 Å². The van der Waals surface area contributed by atoms with Crippen molar-refractivity contribution in [3.05, 3.63) is 90.3 Å². The number of aromatic carboxylic acids is 1. The van der Waals surface area contributed by atoms with Gasteiger partial charge in [0.1, 0.15) is 24.6 Å². The average molecular weight is 533 g/mol. The zero-order chi connectivity index (χ0) is 27.6. The van der Waals surface area contributed by atoms with Gasteiger partial charge in [-0.05, 0) is 30.5 Å². The third-order valence-electron chi connectivity index (χ3n) is 6.37. The number of amides is 2. The van der Waals surface area contributed by atoms with Crippen molar-refractivity contribution in [3.63, 3.8) is 0 Å². The third kappa shape index (κ3) is 7.55. The topological polar surface area (TPSA) is 132 Å². The van der Waals surface area contributed by atoms with Gasteiger partial charge in [-0.15, -0.1) is 0 Å². The number of aromatic nitrogens is 2. The first kappa shape index (κ1) is 27.6. The quantitative estimate of drug-likeness (QED) is 0.300. The Morgan fingerprint density at radius 2 is 1.82 bits per heavy atom. The third-order valence-corrected chi connectivity index (χ3v) is 6.37. The number of carboxylic acid groups (broad SMARTS) is 1. The molecule has 4 rings (SSSR count). The standard InChI is InChI=1S/C29H32N4O6/c1-2-16-38-25-14-8-6-12-21(25)30-27(34)18-33-24(17-23(32-33)29(36)37)28(35)31-22-13-7-9-15-26(22)39-19-20-10-4-3-5-11-20/h2-6,8,10-12,14,17,22,26H,1,7,9,13,15-16,18-19H2,(H,30,34)(H,31,35)(H,36,37)/t22-,26-/m0/s1. The SMILES string of the molecule is C=CCOc1ccccc1NC(=O)Cn1nc(C(=O)O)cc1C(=O)N[C@H]1CCCC[C@@H]1OCc1ccccc1. The molecule has 10 heteroatoms. The Morgan fingerprint density at radius 1 is 1.08 bits per heavy atom. The summed E-state index contributed by atoms with van der Waals surface area (Å²) >= 11 is 0. The van der Waals surface area contributed by atoms with Gasteiger partial charge >= 0.3 is 5.97 Å². The lowest BCUT2D eigenvalue weighted by atomic mass is 9.92. The molecule has 39 heavy (non-hydrogen) atoms. The highest BCUT2D eigenvalue weighted by Gasteiger charge is 2.29. The molecule has 2 aromatic carbocycles. The number of benzene rings is 2. The van der Waals surface area contributed by atoms with Gasteiger partial charge in [0, 0.05) is 6.07 Å². The summed E-state index contributed by atoms with van der Waals surface area (Å²) in [6.07, 6.45) is 4.86. The van der Waals surface area contributed by atoms with E-state index in [0.717, 1.165) is 35.9 Å². The van der Waals surface area contributed by atoms with Crippen LogP contribution in [0.5, 0.6) is 5.75 Å². The Balaban J connectivity index is 1.45. The summed E-state index contributed by atoms with van der Waals surface area (Å²) < 4.78 is 12.8. The molecule has 3 N–H and O–H groups in total. The highest BCUT2D eigenvalue weighted by atomic mass is 16.5. The number of ether oxygens (including phenoxy) is 2. The van der Waals surface area contributed by atoms with E-state index in [9.17, 15) is 19.5 Å². The monoisotopic (exact) mass is 532 g/mol. The first-order valence-corrected chi connectivity index (χ1v) is 12.8. The summed E-state index contributed by atoms with van der Waals surface area (Å²) in [7, 11) is 0. The molecule has 1 fully saturated rings. The summed E-state index contributed by atoms with van der Waals surface area (Å²) in [5, 5.41) is 19.2. The summed E-state index contributed by atoms with van der Waals surface area (Å²) in [5.41, 5.74) is 1.12. The molecule has 0 bridgehead atoms. The van der Waals surface area contributed by atoms with E-state index in [2.05, 4.69) is 22.3 Å². The molecule has 0 aliphatic heterocycles. The number of nitrogens with zero attached hydrogens (tertiary/aromatic N) is 2. The van der Waals surface area contributed by atoms with E-state index in [1.807, 2.05) is 30.3 Å². The van der Waals surface area contributed by atoms with E-state index in [1.165, 1.54) is 6.07 Å². The molecule has 0 spiro atoms. The van der Waals surface area contributed by atoms with Crippen LogP contribution in [0.15, 0.2) is 73.3 Å². The molecule has 1 saturated carbocycles.